The molecule has 3 nitrogen and oxygen atoms in total. The third-order valence-electron chi connectivity index (χ3n) is 3.98. The van der Waals surface area contributed by atoms with Gasteiger partial charge in [0, 0.05) is 6.04 Å². The van der Waals surface area contributed by atoms with Gasteiger partial charge in [-0.05, 0) is 37.0 Å². The number of fused-ring (bicyclic) bond motifs is 3. The molecular formula is C10H17NO2. The molecule has 5 atom stereocenters. The molecule has 3 aliphatic rings. The van der Waals surface area contributed by atoms with Gasteiger partial charge >= 0.3 is 5.97 Å². The summed E-state index contributed by atoms with van der Waals surface area (Å²) < 4.78 is 0. The monoisotopic (exact) mass is 183 g/mol. The van der Waals surface area contributed by atoms with E-state index < -0.39 is 5.97 Å². The number of rotatable bonds is 1. The van der Waals surface area contributed by atoms with Gasteiger partial charge in [0.05, 0.1) is 5.92 Å². The average molecular weight is 183 g/mol. The number of carboxylic acid groups (broad SMARTS) is 1. The molecule has 0 heterocycles. The fraction of sp³-hybridized carbons (Fsp3) is 0.900. The highest BCUT2D eigenvalue weighted by Gasteiger charge is 2.48. The van der Waals surface area contributed by atoms with Crippen molar-refractivity contribution in [1.29, 1.82) is 0 Å². The summed E-state index contributed by atoms with van der Waals surface area (Å²) in [5.74, 6) is 0.465. The Morgan fingerprint density at radius 2 is 2.15 bits per heavy atom. The highest BCUT2D eigenvalue weighted by atomic mass is 16.4. The van der Waals surface area contributed by atoms with Crippen molar-refractivity contribution in [2.45, 2.75) is 32.2 Å². The lowest BCUT2D eigenvalue weighted by Gasteiger charge is -2.48. The molecule has 0 spiro atoms. The fourth-order valence-corrected chi connectivity index (χ4v) is 3.31. The first-order valence-corrected chi connectivity index (χ1v) is 5.09. The van der Waals surface area contributed by atoms with Gasteiger partial charge in [0.2, 0.25) is 0 Å². The molecule has 3 heteroatoms. The Labute approximate surface area is 78.3 Å². The maximum absolute atomic E-state index is 11.0. The van der Waals surface area contributed by atoms with Gasteiger partial charge in [-0.2, -0.15) is 0 Å². The third kappa shape index (κ3) is 1.26. The summed E-state index contributed by atoms with van der Waals surface area (Å²) in [7, 11) is 0. The van der Waals surface area contributed by atoms with E-state index >= 15 is 0 Å². The van der Waals surface area contributed by atoms with Gasteiger partial charge in [0.1, 0.15) is 0 Å². The maximum atomic E-state index is 11.0. The van der Waals surface area contributed by atoms with Crippen LogP contribution in [0.5, 0.6) is 0 Å². The van der Waals surface area contributed by atoms with E-state index in [4.69, 9.17) is 10.8 Å². The molecule has 0 aliphatic heterocycles. The van der Waals surface area contributed by atoms with E-state index in [2.05, 4.69) is 6.92 Å². The highest BCUT2D eigenvalue weighted by Crippen LogP contribution is 2.47. The van der Waals surface area contributed by atoms with Gasteiger partial charge < -0.3 is 10.8 Å². The Bertz CT molecular complexity index is 227. The van der Waals surface area contributed by atoms with Crippen molar-refractivity contribution in [2.24, 2.45) is 29.4 Å². The minimum absolute atomic E-state index is 0.0972. The van der Waals surface area contributed by atoms with E-state index in [-0.39, 0.29) is 12.0 Å². The van der Waals surface area contributed by atoms with E-state index in [1.807, 2.05) is 0 Å². The summed E-state index contributed by atoms with van der Waals surface area (Å²) in [6.45, 7) is 2.20. The molecule has 0 amide bonds. The first-order chi connectivity index (χ1) is 6.11. The van der Waals surface area contributed by atoms with Crippen LogP contribution in [0.15, 0.2) is 0 Å². The third-order valence-corrected chi connectivity index (χ3v) is 3.98. The Hall–Kier alpha value is -0.570. The number of hydrogen-bond donors (Lipinski definition) is 2. The lowest BCUT2D eigenvalue weighted by atomic mass is 9.58. The molecule has 3 rings (SSSR count). The molecule has 3 aliphatic carbocycles. The van der Waals surface area contributed by atoms with Crippen LogP contribution < -0.4 is 5.73 Å². The molecule has 2 bridgehead atoms. The van der Waals surface area contributed by atoms with Gasteiger partial charge in [0.15, 0.2) is 0 Å². The second kappa shape index (κ2) is 2.98. The molecule has 0 aromatic carbocycles. The first-order valence-electron chi connectivity index (χ1n) is 5.09. The summed E-state index contributed by atoms with van der Waals surface area (Å²) in [5, 5.41) is 9.04. The second-order valence-corrected chi connectivity index (χ2v) is 4.66. The maximum Gasteiger partial charge on any atom is 0.308 e. The number of aliphatic carboxylic acids is 1. The van der Waals surface area contributed by atoms with Crippen LogP contribution in [-0.4, -0.2) is 17.1 Å². The zero-order valence-electron chi connectivity index (χ0n) is 7.94. The molecule has 3 fully saturated rings. The fourth-order valence-electron chi connectivity index (χ4n) is 3.31. The molecular weight excluding hydrogens is 166 g/mol. The van der Waals surface area contributed by atoms with Crippen molar-refractivity contribution in [3.8, 4) is 0 Å². The molecule has 0 saturated heterocycles. The van der Waals surface area contributed by atoms with Crippen molar-refractivity contribution in [3.63, 3.8) is 0 Å². The Kier molecular flexibility index (Phi) is 2.06. The van der Waals surface area contributed by atoms with Crippen LogP contribution in [0.3, 0.4) is 0 Å². The number of nitrogens with two attached hydrogens (primary N) is 1. The topological polar surface area (TPSA) is 63.3 Å². The van der Waals surface area contributed by atoms with Gasteiger partial charge in [-0.15, -0.1) is 0 Å². The largest absolute Gasteiger partial charge is 0.481 e. The van der Waals surface area contributed by atoms with E-state index in [0.29, 0.717) is 17.8 Å². The van der Waals surface area contributed by atoms with Crippen LogP contribution in [0.2, 0.25) is 0 Å². The molecule has 3 N–H and O–H groups in total. The van der Waals surface area contributed by atoms with Gasteiger partial charge in [-0.25, -0.2) is 0 Å². The lowest BCUT2D eigenvalue weighted by Crippen LogP contribution is -2.55. The first kappa shape index (κ1) is 9.00. The smallest absolute Gasteiger partial charge is 0.308 e. The molecule has 0 radical (unpaired) electrons. The summed E-state index contributed by atoms with van der Waals surface area (Å²) in [4.78, 5) is 11.0. The SMILES string of the molecule is CC1CC2CCC1C(N)C2C(=O)O. The molecule has 0 aromatic rings. The van der Waals surface area contributed by atoms with Gasteiger partial charge in [-0.1, -0.05) is 6.92 Å². The summed E-state index contributed by atoms with van der Waals surface area (Å²) >= 11 is 0. The van der Waals surface area contributed by atoms with E-state index in [0.717, 1.165) is 19.3 Å². The summed E-state index contributed by atoms with van der Waals surface area (Å²) in [5.41, 5.74) is 5.97. The Morgan fingerprint density at radius 1 is 1.46 bits per heavy atom. The van der Waals surface area contributed by atoms with Crippen molar-refractivity contribution in [2.75, 3.05) is 0 Å². The van der Waals surface area contributed by atoms with Crippen LogP contribution in [0.4, 0.5) is 0 Å². The van der Waals surface area contributed by atoms with Gasteiger partial charge in [-0.3, -0.25) is 4.79 Å². The molecule has 5 unspecified atom stereocenters. The molecule has 0 aromatic heterocycles. The van der Waals surface area contributed by atoms with Crippen LogP contribution in [-0.2, 0) is 4.79 Å². The predicted molar refractivity (Wildman–Crippen MR) is 49.1 cm³/mol. The normalized spacial score (nSPS) is 49.2. The minimum atomic E-state index is -0.686. The molecule has 13 heavy (non-hydrogen) atoms. The quantitative estimate of drug-likeness (QED) is 0.639. The number of hydrogen-bond acceptors (Lipinski definition) is 2. The zero-order chi connectivity index (χ0) is 9.59. The highest BCUT2D eigenvalue weighted by molar-refractivity contribution is 5.71. The predicted octanol–water partition coefficient (Wildman–Crippen LogP) is 1.08. The zero-order valence-corrected chi connectivity index (χ0v) is 7.94. The van der Waals surface area contributed by atoms with Gasteiger partial charge in [0.25, 0.3) is 0 Å². The standard InChI is InChI=1S/C10H17NO2/c1-5-4-6-2-3-7(5)9(11)8(6)10(12)13/h5-9H,2-4,11H2,1H3,(H,12,13). The average Bonchev–Trinajstić information content (AvgIpc) is 2.03. The van der Waals surface area contributed by atoms with Crippen molar-refractivity contribution in [1.82, 2.24) is 0 Å². The number of carboxylic acids is 1. The van der Waals surface area contributed by atoms with Crippen LogP contribution in [0, 0.1) is 23.7 Å². The van der Waals surface area contributed by atoms with Crippen molar-refractivity contribution < 1.29 is 9.90 Å². The van der Waals surface area contributed by atoms with Crippen molar-refractivity contribution >= 4 is 5.97 Å². The summed E-state index contributed by atoms with van der Waals surface area (Å²) in [6.07, 6.45) is 3.27. The van der Waals surface area contributed by atoms with E-state index in [1.165, 1.54) is 0 Å². The van der Waals surface area contributed by atoms with Crippen LogP contribution >= 0.6 is 0 Å². The molecule has 3 saturated carbocycles. The van der Waals surface area contributed by atoms with Crippen molar-refractivity contribution in [3.05, 3.63) is 0 Å². The van der Waals surface area contributed by atoms with Crippen LogP contribution in [0.25, 0.3) is 0 Å². The Morgan fingerprint density at radius 3 is 2.62 bits per heavy atom. The van der Waals surface area contributed by atoms with E-state index in [9.17, 15) is 4.79 Å². The Balaban J connectivity index is 2.21. The second-order valence-electron chi connectivity index (χ2n) is 4.66. The summed E-state index contributed by atoms with van der Waals surface area (Å²) in [6, 6.07) is -0.0972. The lowest BCUT2D eigenvalue weighted by molar-refractivity contribution is -0.150. The number of carbonyl (C=O) groups is 1. The minimum Gasteiger partial charge on any atom is -0.481 e. The molecule has 74 valence electrons. The van der Waals surface area contributed by atoms with E-state index in [1.54, 1.807) is 0 Å². The van der Waals surface area contributed by atoms with Crippen LogP contribution in [0.1, 0.15) is 26.2 Å².